The molecule has 1 N–H and O–H groups in total. The molecule has 0 amide bonds. The average molecular weight is 249 g/mol. The third-order valence-corrected chi connectivity index (χ3v) is 3.31. The summed E-state index contributed by atoms with van der Waals surface area (Å²) in [6.45, 7) is 5.97. The summed E-state index contributed by atoms with van der Waals surface area (Å²) in [6.07, 6.45) is 2.32. The number of nitrogens with one attached hydrogen (secondary N) is 1. The third-order valence-electron chi connectivity index (χ3n) is 3.31. The van der Waals surface area contributed by atoms with Gasteiger partial charge in [0.15, 0.2) is 0 Å². The highest BCUT2D eigenvalue weighted by Gasteiger charge is 2.22. The van der Waals surface area contributed by atoms with Crippen LogP contribution in [0.25, 0.3) is 0 Å². The van der Waals surface area contributed by atoms with E-state index in [9.17, 15) is 0 Å². The summed E-state index contributed by atoms with van der Waals surface area (Å²) in [7, 11) is 1.96. The van der Waals surface area contributed by atoms with Crippen molar-refractivity contribution in [3.8, 4) is 11.5 Å². The van der Waals surface area contributed by atoms with Gasteiger partial charge in [-0.25, -0.2) is 0 Å². The Labute approximate surface area is 109 Å². The molecule has 0 saturated heterocycles. The third kappa shape index (κ3) is 3.16. The van der Waals surface area contributed by atoms with E-state index in [-0.39, 0.29) is 0 Å². The Bertz CT molecular complexity index is 390. The number of hydrogen-bond donors (Lipinski definition) is 1. The van der Waals surface area contributed by atoms with Gasteiger partial charge in [0.25, 0.3) is 0 Å². The standard InChI is InChI=1S/C15H23NO2/c1-11(2)5-4-8-17-12-6-7-13-14(16-3)10-18-15(13)9-12/h6-7,9,11,14,16H,4-5,8,10H2,1-3H3. The van der Waals surface area contributed by atoms with Crippen LogP contribution in [0, 0.1) is 5.92 Å². The van der Waals surface area contributed by atoms with Crippen molar-refractivity contribution in [2.75, 3.05) is 20.3 Å². The second kappa shape index (κ2) is 6.10. The van der Waals surface area contributed by atoms with E-state index in [4.69, 9.17) is 9.47 Å². The van der Waals surface area contributed by atoms with E-state index in [1.165, 1.54) is 12.0 Å². The molecule has 0 bridgehead atoms. The molecule has 0 spiro atoms. The van der Waals surface area contributed by atoms with Gasteiger partial charge < -0.3 is 14.8 Å². The smallest absolute Gasteiger partial charge is 0.127 e. The van der Waals surface area contributed by atoms with E-state index in [0.29, 0.717) is 12.6 Å². The first-order valence-corrected chi connectivity index (χ1v) is 6.77. The SMILES string of the molecule is CNC1COc2cc(OCCCC(C)C)ccc21. The zero-order valence-corrected chi connectivity index (χ0v) is 11.5. The number of fused-ring (bicyclic) bond motifs is 1. The molecule has 0 aliphatic carbocycles. The highest BCUT2D eigenvalue weighted by molar-refractivity contribution is 5.44. The second-order valence-corrected chi connectivity index (χ2v) is 5.24. The molecule has 100 valence electrons. The Morgan fingerprint density at radius 1 is 1.44 bits per heavy atom. The number of ether oxygens (including phenoxy) is 2. The van der Waals surface area contributed by atoms with Crippen molar-refractivity contribution in [1.29, 1.82) is 0 Å². The van der Waals surface area contributed by atoms with Gasteiger partial charge in [-0.1, -0.05) is 13.8 Å². The number of benzene rings is 1. The van der Waals surface area contributed by atoms with E-state index in [2.05, 4.69) is 25.2 Å². The number of rotatable bonds is 6. The molecule has 0 aromatic heterocycles. The molecule has 1 aliphatic heterocycles. The molecular formula is C15H23NO2. The zero-order valence-electron chi connectivity index (χ0n) is 11.5. The van der Waals surface area contributed by atoms with Gasteiger partial charge in [-0.05, 0) is 37.9 Å². The number of likely N-dealkylation sites (N-methyl/N-ethyl adjacent to an activating group) is 1. The van der Waals surface area contributed by atoms with Gasteiger partial charge in [0.05, 0.1) is 12.6 Å². The summed E-state index contributed by atoms with van der Waals surface area (Å²) in [4.78, 5) is 0. The Balaban J connectivity index is 1.88. The van der Waals surface area contributed by atoms with E-state index >= 15 is 0 Å². The molecular weight excluding hydrogens is 226 g/mol. The minimum Gasteiger partial charge on any atom is -0.493 e. The molecule has 3 nitrogen and oxygen atoms in total. The molecule has 1 aromatic carbocycles. The quantitative estimate of drug-likeness (QED) is 0.786. The maximum Gasteiger partial charge on any atom is 0.127 e. The first kappa shape index (κ1) is 13.2. The van der Waals surface area contributed by atoms with Gasteiger partial charge in [0, 0.05) is 11.6 Å². The molecule has 1 unspecified atom stereocenters. The zero-order chi connectivity index (χ0) is 13.0. The molecule has 1 aliphatic rings. The minimum absolute atomic E-state index is 0.315. The fourth-order valence-electron chi connectivity index (χ4n) is 2.20. The summed E-state index contributed by atoms with van der Waals surface area (Å²) < 4.78 is 11.4. The van der Waals surface area contributed by atoms with Gasteiger partial charge in [-0.2, -0.15) is 0 Å². The van der Waals surface area contributed by atoms with Gasteiger partial charge >= 0.3 is 0 Å². The van der Waals surface area contributed by atoms with Crippen LogP contribution < -0.4 is 14.8 Å². The Morgan fingerprint density at radius 3 is 3.00 bits per heavy atom. The second-order valence-electron chi connectivity index (χ2n) is 5.24. The van der Waals surface area contributed by atoms with Crippen molar-refractivity contribution in [2.45, 2.75) is 32.7 Å². The Hall–Kier alpha value is -1.22. The predicted octanol–water partition coefficient (Wildman–Crippen LogP) is 3.15. The summed E-state index contributed by atoms with van der Waals surface area (Å²) in [6, 6.07) is 6.45. The van der Waals surface area contributed by atoms with Crippen LogP contribution in [0.3, 0.4) is 0 Å². The van der Waals surface area contributed by atoms with Gasteiger partial charge in [-0.3, -0.25) is 0 Å². The lowest BCUT2D eigenvalue weighted by Gasteiger charge is -2.09. The molecule has 18 heavy (non-hydrogen) atoms. The summed E-state index contributed by atoms with van der Waals surface area (Å²) >= 11 is 0. The minimum atomic E-state index is 0.315. The fourth-order valence-corrected chi connectivity index (χ4v) is 2.20. The van der Waals surface area contributed by atoms with Crippen molar-refractivity contribution in [1.82, 2.24) is 5.32 Å². The predicted molar refractivity (Wildman–Crippen MR) is 73.3 cm³/mol. The van der Waals surface area contributed by atoms with Crippen LogP contribution in [0.2, 0.25) is 0 Å². The average Bonchev–Trinajstić information content (AvgIpc) is 2.76. The van der Waals surface area contributed by atoms with Crippen molar-refractivity contribution in [3.05, 3.63) is 23.8 Å². The van der Waals surface area contributed by atoms with E-state index in [1.54, 1.807) is 0 Å². The molecule has 1 atom stereocenters. The topological polar surface area (TPSA) is 30.5 Å². The molecule has 1 aromatic rings. The van der Waals surface area contributed by atoms with Gasteiger partial charge in [0.1, 0.15) is 18.1 Å². The van der Waals surface area contributed by atoms with Crippen molar-refractivity contribution >= 4 is 0 Å². The summed E-state index contributed by atoms with van der Waals surface area (Å²) in [5.74, 6) is 2.61. The normalized spacial score (nSPS) is 17.7. The van der Waals surface area contributed by atoms with Crippen LogP contribution in [0.5, 0.6) is 11.5 Å². The fraction of sp³-hybridized carbons (Fsp3) is 0.600. The Kier molecular flexibility index (Phi) is 4.48. The molecule has 0 radical (unpaired) electrons. The van der Waals surface area contributed by atoms with Gasteiger partial charge in [-0.15, -0.1) is 0 Å². The molecule has 2 rings (SSSR count). The van der Waals surface area contributed by atoms with E-state index in [0.717, 1.165) is 30.4 Å². The highest BCUT2D eigenvalue weighted by atomic mass is 16.5. The largest absolute Gasteiger partial charge is 0.493 e. The highest BCUT2D eigenvalue weighted by Crippen LogP contribution is 2.35. The number of hydrogen-bond acceptors (Lipinski definition) is 3. The molecule has 0 fully saturated rings. The molecule has 1 heterocycles. The Morgan fingerprint density at radius 2 is 2.28 bits per heavy atom. The van der Waals surface area contributed by atoms with Crippen LogP contribution in [0.1, 0.15) is 38.3 Å². The maximum absolute atomic E-state index is 5.75. The van der Waals surface area contributed by atoms with Crippen LogP contribution in [0.15, 0.2) is 18.2 Å². The first-order chi connectivity index (χ1) is 8.70. The van der Waals surface area contributed by atoms with Crippen LogP contribution in [0.4, 0.5) is 0 Å². The van der Waals surface area contributed by atoms with Crippen LogP contribution in [-0.2, 0) is 0 Å². The summed E-state index contributed by atoms with van der Waals surface area (Å²) in [5, 5.41) is 3.24. The molecule has 0 saturated carbocycles. The molecule has 3 heteroatoms. The van der Waals surface area contributed by atoms with Crippen molar-refractivity contribution in [2.24, 2.45) is 5.92 Å². The lowest BCUT2D eigenvalue weighted by molar-refractivity contribution is 0.293. The lowest BCUT2D eigenvalue weighted by Crippen LogP contribution is -2.17. The lowest BCUT2D eigenvalue weighted by atomic mass is 10.1. The van der Waals surface area contributed by atoms with Crippen molar-refractivity contribution in [3.63, 3.8) is 0 Å². The van der Waals surface area contributed by atoms with Gasteiger partial charge in [0.2, 0.25) is 0 Å². The van der Waals surface area contributed by atoms with E-state index in [1.807, 2.05) is 19.2 Å². The van der Waals surface area contributed by atoms with Crippen LogP contribution in [-0.4, -0.2) is 20.3 Å². The maximum atomic E-state index is 5.75. The van der Waals surface area contributed by atoms with Crippen LogP contribution >= 0.6 is 0 Å². The summed E-state index contributed by atoms with van der Waals surface area (Å²) in [5.41, 5.74) is 1.23. The monoisotopic (exact) mass is 249 g/mol. The van der Waals surface area contributed by atoms with E-state index < -0.39 is 0 Å². The van der Waals surface area contributed by atoms with Crippen molar-refractivity contribution < 1.29 is 9.47 Å². The first-order valence-electron chi connectivity index (χ1n) is 6.77.